The van der Waals surface area contributed by atoms with Crippen LogP contribution in [0, 0.1) is 0 Å². The first kappa shape index (κ1) is 15.4. The molecule has 5 nitrogen and oxygen atoms in total. The average Bonchev–Trinajstić information content (AvgIpc) is 2.35. The van der Waals surface area contributed by atoms with E-state index in [1.807, 2.05) is 30.3 Å². The lowest BCUT2D eigenvalue weighted by molar-refractivity contribution is 0.239. The van der Waals surface area contributed by atoms with Gasteiger partial charge >= 0.3 is 10.1 Å². The third-order valence-corrected chi connectivity index (χ3v) is 2.71. The number of rotatable bonds is 6. The van der Waals surface area contributed by atoms with Gasteiger partial charge in [-0.05, 0) is 18.1 Å². The van der Waals surface area contributed by atoms with Gasteiger partial charge in [-0.25, -0.2) is 0 Å². The highest BCUT2D eigenvalue weighted by atomic mass is 32.2. The van der Waals surface area contributed by atoms with Gasteiger partial charge in [-0.1, -0.05) is 42.1 Å². The number of oxime groups is 1. The molecule has 1 aromatic rings. The minimum atomic E-state index is -3.62. The van der Waals surface area contributed by atoms with E-state index in [2.05, 4.69) is 16.0 Å². The van der Waals surface area contributed by atoms with Crippen molar-refractivity contribution in [3.63, 3.8) is 0 Å². The lowest BCUT2D eigenvalue weighted by atomic mass is 9.99. The molecule has 0 saturated carbocycles. The van der Waals surface area contributed by atoms with Gasteiger partial charge in [0.2, 0.25) is 0 Å². The van der Waals surface area contributed by atoms with Crippen molar-refractivity contribution >= 4 is 21.4 Å². The molecule has 0 fully saturated rings. The number of benzene rings is 1. The summed E-state index contributed by atoms with van der Waals surface area (Å²) in [7, 11) is -3.62. The Morgan fingerprint density at radius 2 is 2.00 bits per heavy atom. The van der Waals surface area contributed by atoms with Crippen LogP contribution < -0.4 is 0 Å². The normalized spacial score (nSPS) is 13.9. The summed E-state index contributed by atoms with van der Waals surface area (Å²) in [5.41, 5.74) is 1.75. The third-order valence-electron chi connectivity index (χ3n) is 2.36. The lowest BCUT2D eigenvalue weighted by Gasteiger charge is -2.13. The Bertz CT molecular complexity index is 564. The van der Waals surface area contributed by atoms with Gasteiger partial charge in [0.1, 0.15) is 0 Å². The minimum absolute atomic E-state index is 0.156. The second-order valence-electron chi connectivity index (χ2n) is 4.22. The molecule has 1 aromatic carbocycles. The molecule has 0 aromatic heterocycles. The summed E-state index contributed by atoms with van der Waals surface area (Å²) in [6.45, 7) is 5.40. The molecule has 19 heavy (non-hydrogen) atoms. The van der Waals surface area contributed by atoms with E-state index >= 15 is 0 Å². The van der Waals surface area contributed by atoms with Crippen LogP contribution in [0.1, 0.15) is 18.9 Å². The Hall–Kier alpha value is -1.66. The van der Waals surface area contributed by atoms with E-state index < -0.39 is 16.2 Å². The van der Waals surface area contributed by atoms with Gasteiger partial charge < -0.3 is 5.11 Å². The van der Waals surface area contributed by atoms with Crippen molar-refractivity contribution in [2.45, 2.75) is 19.4 Å². The van der Waals surface area contributed by atoms with E-state index in [-0.39, 0.29) is 6.42 Å². The van der Waals surface area contributed by atoms with Crippen LogP contribution in [0.3, 0.4) is 0 Å². The van der Waals surface area contributed by atoms with Crippen molar-refractivity contribution in [3.8, 4) is 0 Å². The molecule has 0 spiro atoms. The maximum atomic E-state index is 10.8. The highest BCUT2D eigenvalue weighted by Gasteiger charge is 2.12. The van der Waals surface area contributed by atoms with Crippen molar-refractivity contribution in [1.82, 2.24) is 0 Å². The van der Waals surface area contributed by atoms with E-state index in [1.54, 1.807) is 6.92 Å². The molecule has 0 bridgehead atoms. The van der Waals surface area contributed by atoms with E-state index in [0.29, 0.717) is 11.3 Å². The molecule has 104 valence electrons. The van der Waals surface area contributed by atoms with Gasteiger partial charge in [0, 0.05) is 6.42 Å². The van der Waals surface area contributed by atoms with Crippen molar-refractivity contribution in [3.05, 3.63) is 42.5 Å². The number of nitrogens with zero attached hydrogens (tertiary/aromatic N) is 1. The van der Waals surface area contributed by atoms with Gasteiger partial charge in [0.25, 0.3) is 0 Å². The number of hydrogen-bond donors (Lipinski definition) is 1. The van der Waals surface area contributed by atoms with Gasteiger partial charge in [0.05, 0.1) is 18.1 Å². The first-order chi connectivity index (χ1) is 8.79. The molecule has 0 saturated heterocycles. The standard InChI is InChI=1S/C13H17NO4S/c1-10(14-18-19(3,16)17)9-13(15)11(2)12-7-5-4-6-8-12/h4-8,13,15H,2,9H2,1,3H3. The Morgan fingerprint density at radius 3 is 2.53 bits per heavy atom. The molecular weight excluding hydrogens is 266 g/mol. The van der Waals surface area contributed by atoms with E-state index in [9.17, 15) is 13.5 Å². The smallest absolute Gasteiger partial charge is 0.325 e. The summed E-state index contributed by atoms with van der Waals surface area (Å²) in [4.78, 5) is 0. The zero-order valence-corrected chi connectivity index (χ0v) is 11.7. The van der Waals surface area contributed by atoms with Crippen LogP contribution in [0.25, 0.3) is 5.57 Å². The van der Waals surface area contributed by atoms with Crippen LogP contribution in [0.4, 0.5) is 0 Å². The molecule has 0 aliphatic heterocycles. The van der Waals surface area contributed by atoms with Crippen LogP contribution in [-0.2, 0) is 14.4 Å². The maximum Gasteiger partial charge on any atom is 0.325 e. The molecule has 0 radical (unpaired) electrons. The molecular formula is C13H17NO4S. The minimum Gasteiger partial charge on any atom is -0.388 e. The summed E-state index contributed by atoms with van der Waals surface area (Å²) in [5, 5.41) is 13.4. The zero-order chi connectivity index (χ0) is 14.5. The van der Waals surface area contributed by atoms with Crippen molar-refractivity contribution < 1.29 is 17.8 Å². The fourth-order valence-electron chi connectivity index (χ4n) is 1.42. The molecule has 0 amide bonds. The zero-order valence-electron chi connectivity index (χ0n) is 10.9. The average molecular weight is 283 g/mol. The molecule has 1 atom stereocenters. The van der Waals surface area contributed by atoms with Gasteiger partial charge in [-0.15, -0.1) is 0 Å². The second-order valence-corrected chi connectivity index (χ2v) is 5.77. The number of hydrogen-bond acceptors (Lipinski definition) is 5. The van der Waals surface area contributed by atoms with Crippen LogP contribution in [-0.4, -0.2) is 31.6 Å². The Balaban J connectivity index is 2.65. The van der Waals surface area contributed by atoms with Gasteiger partial charge in [-0.2, -0.15) is 8.42 Å². The van der Waals surface area contributed by atoms with Crippen LogP contribution >= 0.6 is 0 Å². The molecule has 0 heterocycles. The highest BCUT2D eigenvalue weighted by molar-refractivity contribution is 7.85. The fourth-order valence-corrected chi connectivity index (χ4v) is 1.68. The molecule has 0 aliphatic rings. The monoisotopic (exact) mass is 283 g/mol. The summed E-state index contributed by atoms with van der Waals surface area (Å²) in [5.74, 6) is 0. The summed E-state index contributed by atoms with van der Waals surface area (Å²) in [6.07, 6.45) is 0.223. The maximum absolute atomic E-state index is 10.8. The summed E-state index contributed by atoms with van der Waals surface area (Å²) < 4.78 is 25.8. The first-order valence-corrected chi connectivity index (χ1v) is 7.45. The Morgan fingerprint density at radius 1 is 1.42 bits per heavy atom. The Labute approximate surface area is 113 Å². The number of aliphatic hydroxyl groups excluding tert-OH is 1. The topological polar surface area (TPSA) is 76.0 Å². The molecule has 0 aliphatic carbocycles. The largest absolute Gasteiger partial charge is 0.388 e. The van der Waals surface area contributed by atoms with Crippen molar-refractivity contribution in [1.29, 1.82) is 0 Å². The predicted octanol–water partition coefficient (Wildman–Crippen LogP) is 1.80. The molecule has 6 heteroatoms. The summed E-state index contributed by atoms with van der Waals surface area (Å²) >= 11 is 0. The molecule has 1 N–H and O–H groups in total. The van der Waals surface area contributed by atoms with Crippen molar-refractivity contribution in [2.24, 2.45) is 5.16 Å². The SMILES string of the molecule is C=C(c1ccccc1)C(O)CC(C)=NOS(C)(=O)=O. The van der Waals surface area contributed by atoms with Gasteiger partial charge in [0.15, 0.2) is 0 Å². The van der Waals surface area contributed by atoms with Crippen LogP contribution in [0.2, 0.25) is 0 Å². The third kappa shape index (κ3) is 5.67. The lowest BCUT2D eigenvalue weighted by Crippen LogP contribution is -2.14. The fraction of sp³-hybridized carbons (Fsp3) is 0.308. The van der Waals surface area contributed by atoms with E-state index in [1.165, 1.54) is 0 Å². The molecule has 1 unspecified atom stereocenters. The van der Waals surface area contributed by atoms with Crippen LogP contribution in [0.15, 0.2) is 42.1 Å². The quantitative estimate of drug-likeness (QED) is 0.638. The van der Waals surface area contributed by atoms with Crippen LogP contribution in [0.5, 0.6) is 0 Å². The second kappa shape index (κ2) is 6.49. The first-order valence-electron chi connectivity index (χ1n) is 5.64. The van der Waals surface area contributed by atoms with E-state index in [0.717, 1.165) is 11.8 Å². The summed E-state index contributed by atoms with van der Waals surface area (Å²) in [6, 6.07) is 9.24. The predicted molar refractivity (Wildman–Crippen MR) is 75.1 cm³/mol. The van der Waals surface area contributed by atoms with Crippen molar-refractivity contribution in [2.75, 3.05) is 6.26 Å². The Kier molecular flexibility index (Phi) is 5.26. The number of aliphatic hydroxyl groups is 1. The highest BCUT2D eigenvalue weighted by Crippen LogP contribution is 2.18. The molecule has 1 rings (SSSR count). The van der Waals surface area contributed by atoms with E-state index in [4.69, 9.17) is 0 Å². The van der Waals surface area contributed by atoms with Gasteiger partial charge in [-0.3, -0.25) is 4.28 Å².